The summed E-state index contributed by atoms with van der Waals surface area (Å²) >= 11 is 0. The molecule has 2 aromatic heterocycles. The van der Waals surface area contributed by atoms with Crippen LogP contribution in [0.3, 0.4) is 0 Å². The maximum Gasteiger partial charge on any atom is 0.271 e. The molecule has 0 radical (unpaired) electrons. The van der Waals surface area contributed by atoms with Gasteiger partial charge < -0.3 is 9.80 Å². The summed E-state index contributed by atoms with van der Waals surface area (Å²) in [6.45, 7) is 4.22. The van der Waals surface area contributed by atoms with Gasteiger partial charge in [-0.3, -0.25) is 19.7 Å². The molecule has 0 bridgehead atoms. The van der Waals surface area contributed by atoms with Crippen molar-refractivity contribution in [1.82, 2.24) is 25.0 Å². The smallest absolute Gasteiger partial charge is 0.271 e. The molecule has 3 heterocycles. The Balaban J connectivity index is 1.63. The van der Waals surface area contributed by atoms with Gasteiger partial charge in [0, 0.05) is 50.3 Å². The van der Waals surface area contributed by atoms with E-state index < -0.39 is 0 Å². The Morgan fingerprint density at radius 1 is 1.13 bits per heavy atom. The highest BCUT2D eigenvalue weighted by molar-refractivity contribution is 5.93. The van der Waals surface area contributed by atoms with E-state index >= 15 is 0 Å². The lowest BCUT2D eigenvalue weighted by atomic mass is 9.91. The van der Waals surface area contributed by atoms with Gasteiger partial charge in [0.2, 0.25) is 5.91 Å². The van der Waals surface area contributed by atoms with Gasteiger partial charge in [-0.05, 0) is 36.1 Å². The Kier molecular flexibility index (Phi) is 6.40. The summed E-state index contributed by atoms with van der Waals surface area (Å²) in [5, 5.41) is 6.65. The fourth-order valence-corrected chi connectivity index (χ4v) is 4.19. The predicted octanol–water partition coefficient (Wildman–Crippen LogP) is 3.03. The zero-order valence-corrected chi connectivity index (χ0v) is 17.7. The van der Waals surface area contributed by atoms with E-state index in [9.17, 15) is 9.59 Å². The number of nitrogens with zero attached hydrogens (tertiary/aromatic N) is 4. The fraction of sp³-hybridized carbons (Fsp3) is 0.333. The van der Waals surface area contributed by atoms with Crippen LogP contribution in [0.5, 0.6) is 0 Å². The number of carbonyl (C=O) groups is 2. The molecule has 7 heteroatoms. The van der Waals surface area contributed by atoms with Crippen molar-refractivity contribution in [2.45, 2.75) is 19.8 Å². The van der Waals surface area contributed by atoms with Gasteiger partial charge in [0.25, 0.3) is 5.91 Å². The molecule has 1 N–H and O–H groups in total. The highest BCUT2D eigenvalue weighted by Crippen LogP contribution is 2.27. The number of benzene rings is 1. The first-order valence-electron chi connectivity index (χ1n) is 10.7. The molecule has 0 spiro atoms. The number of amides is 2. The molecule has 1 fully saturated rings. The van der Waals surface area contributed by atoms with Crippen molar-refractivity contribution in [3.8, 4) is 11.1 Å². The molecule has 4 rings (SSSR count). The third-order valence-corrected chi connectivity index (χ3v) is 5.71. The molecule has 0 aliphatic carbocycles. The molecule has 1 aliphatic heterocycles. The first-order chi connectivity index (χ1) is 15.2. The highest BCUT2D eigenvalue weighted by atomic mass is 16.2. The van der Waals surface area contributed by atoms with Crippen molar-refractivity contribution in [2.24, 2.45) is 5.92 Å². The number of pyridine rings is 1. The number of hydrogen-bond donors (Lipinski definition) is 1. The Hall–Kier alpha value is -3.48. The molecular weight excluding hydrogens is 390 g/mol. The lowest BCUT2D eigenvalue weighted by Gasteiger charge is -2.24. The summed E-state index contributed by atoms with van der Waals surface area (Å²) in [5.74, 6) is -0.310. The number of aromatic amines is 1. The summed E-state index contributed by atoms with van der Waals surface area (Å²) in [5.41, 5.74) is 3.63. The summed E-state index contributed by atoms with van der Waals surface area (Å²) in [7, 11) is 0. The van der Waals surface area contributed by atoms with Crippen LogP contribution in [0.15, 0.2) is 61.1 Å². The topological polar surface area (TPSA) is 82.2 Å². The van der Waals surface area contributed by atoms with Crippen molar-refractivity contribution >= 4 is 11.8 Å². The second kappa shape index (κ2) is 9.55. The molecule has 160 valence electrons. The summed E-state index contributed by atoms with van der Waals surface area (Å²) in [4.78, 5) is 34.3. The summed E-state index contributed by atoms with van der Waals surface area (Å²) in [6, 6.07) is 13.7. The van der Waals surface area contributed by atoms with Crippen molar-refractivity contribution in [1.29, 1.82) is 0 Å². The van der Waals surface area contributed by atoms with Gasteiger partial charge in [-0.2, -0.15) is 5.10 Å². The van der Waals surface area contributed by atoms with Gasteiger partial charge in [0.15, 0.2) is 0 Å². The molecule has 0 saturated carbocycles. The minimum Gasteiger partial charge on any atom is -0.341 e. The largest absolute Gasteiger partial charge is 0.341 e. The van der Waals surface area contributed by atoms with Crippen molar-refractivity contribution in [2.75, 3.05) is 26.2 Å². The number of H-pyrrole nitrogens is 1. The van der Waals surface area contributed by atoms with Crippen LogP contribution < -0.4 is 0 Å². The number of carbonyl (C=O) groups excluding carboxylic acids is 2. The maximum atomic E-state index is 13.4. The Morgan fingerprint density at radius 2 is 2.00 bits per heavy atom. The van der Waals surface area contributed by atoms with Gasteiger partial charge in [0.1, 0.15) is 5.69 Å². The second-order valence-corrected chi connectivity index (χ2v) is 7.85. The molecule has 1 atom stereocenters. The first-order valence-corrected chi connectivity index (χ1v) is 10.7. The van der Waals surface area contributed by atoms with Crippen molar-refractivity contribution in [3.63, 3.8) is 0 Å². The molecule has 1 aliphatic rings. The number of hydrogen-bond acceptors (Lipinski definition) is 4. The van der Waals surface area contributed by atoms with E-state index in [1.54, 1.807) is 23.4 Å². The van der Waals surface area contributed by atoms with Crippen LogP contribution in [0, 0.1) is 5.92 Å². The molecule has 2 amide bonds. The first kappa shape index (κ1) is 20.8. The molecule has 1 unspecified atom stereocenters. The van der Waals surface area contributed by atoms with Crippen LogP contribution in [0.1, 0.15) is 29.4 Å². The van der Waals surface area contributed by atoms with Gasteiger partial charge in [-0.25, -0.2) is 0 Å². The van der Waals surface area contributed by atoms with Crippen LogP contribution in [0.2, 0.25) is 0 Å². The molecule has 1 saturated heterocycles. The summed E-state index contributed by atoms with van der Waals surface area (Å²) < 4.78 is 0. The van der Waals surface area contributed by atoms with Gasteiger partial charge in [0.05, 0.1) is 5.92 Å². The maximum absolute atomic E-state index is 13.4. The molecule has 7 nitrogen and oxygen atoms in total. The van der Waals surface area contributed by atoms with E-state index in [0.29, 0.717) is 38.3 Å². The highest BCUT2D eigenvalue weighted by Gasteiger charge is 2.33. The van der Waals surface area contributed by atoms with Crippen molar-refractivity contribution in [3.05, 3.63) is 72.3 Å². The van der Waals surface area contributed by atoms with Crippen LogP contribution in [-0.4, -0.2) is 63.0 Å². The average Bonchev–Trinajstić information content (AvgIpc) is 3.30. The third-order valence-electron chi connectivity index (χ3n) is 5.71. The summed E-state index contributed by atoms with van der Waals surface area (Å²) in [6.07, 6.45) is 6.62. The van der Waals surface area contributed by atoms with Crippen LogP contribution >= 0.6 is 0 Å². The fourth-order valence-electron chi connectivity index (χ4n) is 4.19. The zero-order valence-electron chi connectivity index (χ0n) is 17.7. The minimum atomic E-state index is -0.307. The van der Waals surface area contributed by atoms with Crippen molar-refractivity contribution < 1.29 is 9.59 Å². The predicted molar refractivity (Wildman–Crippen MR) is 118 cm³/mol. The van der Waals surface area contributed by atoms with Gasteiger partial charge in [-0.1, -0.05) is 37.3 Å². The second-order valence-electron chi connectivity index (χ2n) is 7.85. The quantitative estimate of drug-likeness (QED) is 0.668. The Morgan fingerprint density at radius 3 is 2.74 bits per heavy atom. The lowest BCUT2D eigenvalue weighted by Crippen LogP contribution is -2.38. The SMILES string of the molecule is CCCN1CCN(C(=O)c2ccn[nH]2)CC(Cc2ccccc2-c2cccnc2)C1=O. The van der Waals surface area contributed by atoms with E-state index in [4.69, 9.17) is 0 Å². The van der Waals surface area contributed by atoms with E-state index in [2.05, 4.69) is 34.2 Å². The lowest BCUT2D eigenvalue weighted by molar-refractivity contribution is -0.134. The molecule has 31 heavy (non-hydrogen) atoms. The number of nitrogens with one attached hydrogen (secondary N) is 1. The van der Waals surface area contributed by atoms with Gasteiger partial charge >= 0.3 is 0 Å². The number of rotatable bonds is 6. The molecular formula is C24H27N5O2. The minimum absolute atomic E-state index is 0.114. The normalized spacial score (nSPS) is 16.9. The molecule has 3 aromatic rings. The third kappa shape index (κ3) is 4.66. The van der Waals surface area contributed by atoms with E-state index in [0.717, 1.165) is 23.1 Å². The van der Waals surface area contributed by atoms with E-state index in [-0.39, 0.29) is 17.7 Å². The Labute approximate surface area is 182 Å². The monoisotopic (exact) mass is 417 g/mol. The van der Waals surface area contributed by atoms with Gasteiger partial charge in [-0.15, -0.1) is 0 Å². The van der Waals surface area contributed by atoms with E-state index in [1.165, 1.54) is 0 Å². The van der Waals surface area contributed by atoms with Crippen LogP contribution in [0.25, 0.3) is 11.1 Å². The Bertz CT molecular complexity index is 1020. The van der Waals surface area contributed by atoms with Crippen LogP contribution in [-0.2, 0) is 11.2 Å². The molecule has 1 aromatic carbocycles. The average molecular weight is 418 g/mol. The zero-order chi connectivity index (χ0) is 21.6. The number of aromatic nitrogens is 3. The standard InChI is InChI=1S/C24H27N5O2/c1-2-12-28-13-14-29(24(31)22-9-11-26-27-22)17-20(23(28)30)15-18-6-3-4-8-21(18)19-7-5-10-25-16-19/h3-11,16,20H,2,12-15,17H2,1H3,(H,26,27). The van der Waals surface area contributed by atoms with Crippen LogP contribution in [0.4, 0.5) is 0 Å². The van der Waals surface area contributed by atoms with E-state index in [1.807, 2.05) is 35.4 Å².